The van der Waals surface area contributed by atoms with Gasteiger partial charge >= 0.3 is 0 Å². The molecule has 1 aromatic heterocycles. The zero-order valence-corrected chi connectivity index (χ0v) is 12.9. The van der Waals surface area contributed by atoms with Crippen molar-refractivity contribution < 1.29 is 9.59 Å². The van der Waals surface area contributed by atoms with E-state index in [0.717, 1.165) is 16.7 Å². The molecular weight excluding hydrogens is 274 g/mol. The number of Topliss-reactive ketones (excluding diaryl/α,β-unsaturated/α-hetero) is 2. The van der Waals surface area contributed by atoms with Crippen molar-refractivity contribution in [2.75, 3.05) is 0 Å². The lowest BCUT2D eigenvalue weighted by atomic mass is 9.94. The molecule has 0 atom stereocenters. The number of aryl methyl sites for hydroxylation is 2. The highest BCUT2D eigenvalue weighted by Gasteiger charge is 2.16. The number of carbonyl (C=O) groups excluding carboxylic acids is 2. The molecule has 0 N–H and O–H groups in total. The molecule has 0 radical (unpaired) electrons. The third kappa shape index (κ3) is 3.37. The van der Waals surface area contributed by atoms with E-state index in [9.17, 15) is 9.59 Å². The van der Waals surface area contributed by atoms with Crippen LogP contribution in [-0.2, 0) is 0 Å². The first-order chi connectivity index (χ1) is 10.5. The molecule has 0 unspecified atom stereocenters. The van der Waals surface area contributed by atoms with E-state index in [0.29, 0.717) is 11.3 Å². The van der Waals surface area contributed by atoms with E-state index in [1.165, 1.54) is 0 Å². The molecule has 1 aromatic carbocycles. The normalized spacial score (nSPS) is 10.3. The van der Waals surface area contributed by atoms with E-state index in [1.54, 1.807) is 18.3 Å². The van der Waals surface area contributed by atoms with E-state index in [-0.39, 0.29) is 24.4 Å². The van der Waals surface area contributed by atoms with Gasteiger partial charge in [0.25, 0.3) is 0 Å². The largest absolute Gasteiger partial charge is 0.294 e. The van der Waals surface area contributed by atoms with Crippen LogP contribution in [0.25, 0.3) is 6.08 Å². The van der Waals surface area contributed by atoms with E-state index in [2.05, 4.69) is 11.6 Å². The number of hydrogen-bond acceptors (Lipinski definition) is 3. The number of pyridine rings is 1. The molecular formula is C19H19NO2. The van der Waals surface area contributed by atoms with Gasteiger partial charge in [-0.2, -0.15) is 0 Å². The fraction of sp³-hybridized carbons (Fsp3) is 0.211. The fourth-order valence-electron chi connectivity index (χ4n) is 2.49. The molecule has 0 saturated heterocycles. The lowest BCUT2D eigenvalue weighted by molar-refractivity contribution is 0.0914. The first kappa shape index (κ1) is 15.8. The van der Waals surface area contributed by atoms with E-state index >= 15 is 0 Å². The van der Waals surface area contributed by atoms with Crippen LogP contribution >= 0.6 is 0 Å². The second kappa shape index (κ2) is 6.94. The van der Waals surface area contributed by atoms with Gasteiger partial charge in [-0.3, -0.25) is 14.6 Å². The summed E-state index contributed by atoms with van der Waals surface area (Å²) < 4.78 is 0. The Labute approximate surface area is 130 Å². The number of carbonyl (C=O) groups is 2. The van der Waals surface area contributed by atoms with Crippen LogP contribution in [0.15, 0.2) is 43.1 Å². The summed E-state index contributed by atoms with van der Waals surface area (Å²) in [5, 5.41) is 0. The molecule has 1 heterocycles. The van der Waals surface area contributed by atoms with Crippen molar-refractivity contribution in [3.63, 3.8) is 0 Å². The highest BCUT2D eigenvalue weighted by atomic mass is 16.1. The van der Waals surface area contributed by atoms with Crippen molar-refractivity contribution >= 4 is 17.6 Å². The number of aromatic nitrogens is 1. The molecule has 0 spiro atoms. The second-order valence-electron chi connectivity index (χ2n) is 5.26. The first-order valence-corrected chi connectivity index (χ1v) is 7.24. The summed E-state index contributed by atoms with van der Waals surface area (Å²) >= 11 is 0. The molecule has 0 fully saturated rings. The van der Waals surface area contributed by atoms with Crippen molar-refractivity contribution in [1.29, 1.82) is 0 Å². The highest BCUT2D eigenvalue weighted by Crippen LogP contribution is 2.19. The summed E-state index contributed by atoms with van der Waals surface area (Å²) in [6, 6.07) is 9.29. The molecule has 0 aliphatic carbocycles. The average Bonchev–Trinajstić information content (AvgIpc) is 2.52. The van der Waals surface area contributed by atoms with Crippen LogP contribution in [0, 0.1) is 13.8 Å². The van der Waals surface area contributed by atoms with Crippen molar-refractivity contribution in [3.8, 4) is 0 Å². The van der Waals surface area contributed by atoms with Crippen molar-refractivity contribution in [2.24, 2.45) is 0 Å². The van der Waals surface area contributed by atoms with Gasteiger partial charge in [-0.05, 0) is 36.6 Å². The summed E-state index contributed by atoms with van der Waals surface area (Å²) in [5.74, 6) is -0.130. The molecule has 2 rings (SSSR count). The van der Waals surface area contributed by atoms with Crippen molar-refractivity contribution in [1.82, 2.24) is 4.98 Å². The van der Waals surface area contributed by atoms with Gasteiger partial charge in [-0.15, -0.1) is 0 Å². The van der Waals surface area contributed by atoms with Crippen molar-refractivity contribution in [3.05, 3.63) is 71.1 Å². The third-order valence-corrected chi connectivity index (χ3v) is 3.66. The number of ketones is 2. The maximum Gasteiger partial charge on any atom is 0.181 e. The number of nitrogens with zero attached hydrogens (tertiary/aromatic N) is 1. The Kier molecular flexibility index (Phi) is 4.99. The van der Waals surface area contributed by atoms with Gasteiger partial charge in [0.15, 0.2) is 11.6 Å². The van der Waals surface area contributed by atoms with Gasteiger partial charge in [0.05, 0.1) is 0 Å². The van der Waals surface area contributed by atoms with Crippen molar-refractivity contribution in [2.45, 2.75) is 26.7 Å². The summed E-state index contributed by atoms with van der Waals surface area (Å²) in [5.41, 5.74) is 3.66. The Hall–Kier alpha value is -2.55. The average molecular weight is 293 g/mol. The van der Waals surface area contributed by atoms with Crippen LogP contribution in [-0.4, -0.2) is 16.6 Å². The van der Waals surface area contributed by atoms with Gasteiger partial charge in [0.2, 0.25) is 0 Å². The lowest BCUT2D eigenvalue weighted by Crippen LogP contribution is -2.10. The smallest absolute Gasteiger partial charge is 0.181 e. The summed E-state index contributed by atoms with van der Waals surface area (Å²) in [6.45, 7) is 7.48. The molecule has 112 valence electrons. The molecule has 3 heteroatoms. The Bertz CT molecular complexity index is 732. The lowest BCUT2D eigenvalue weighted by Gasteiger charge is -2.09. The van der Waals surface area contributed by atoms with E-state index < -0.39 is 0 Å². The zero-order chi connectivity index (χ0) is 16.1. The quantitative estimate of drug-likeness (QED) is 0.750. The van der Waals surface area contributed by atoms with Crippen LogP contribution in [0.4, 0.5) is 0 Å². The van der Waals surface area contributed by atoms with Crippen LogP contribution in [0.1, 0.15) is 50.4 Å². The van der Waals surface area contributed by atoms with E-state index in [4.69, 9.17) is 0 Å². The Balaban J connectivity index is 2.13. The third-order valence-electron chi connectivity index (χ3n) is 3.66. The standard InChI is InChI=1S/C19H19NO2/c1-4-15-9-5-7-13(2)18(15)16(21)10-11-17(22)19-14(3)8-6-12-20-19/h4-9,12H,1,10-11H2,2-3H3. The zero-order valence-electron chi connectivity index (χ0n) is 12.9. The minimum Gasteiger partial charge on any atom is -0.294 e. The number of rotatable bonds is 6. The Morgan fingerprint density at radius 1 is 1.05 bits per heavy atom. The minimum absolute atomic E-state index is 0.0325. The SMILES string of the molecule is C=Cc1cccc(C)c1C(=O)CCC(=O)c1ncccc1C. The topological polar surface area (TPSA) is 47.0 Å². The molecule has 3 nitrogen and oxygen atoms in total. The molecule has 0 amide bonds. The Morgan fingerprint density at radius 2 is 1.73 bits per heavy atom. The minimum atomic E-state index is -0.0970. The summed E-state index contributed by atoms with van der Waals surface area (Å²) in [4.78, 5) is 28.8. The predicted molar refractivity (Wildman–Crippen MR) is 88.1 cm³/mol. The monoisotopic (exact) mass is 293 g/mol. The van der Waals surface area contributed by atoms with Gasteiger partial charge in [0, 0.05) is 24.6 Å². The molecule has 0 aliphatic rings. The first-order valence-electron chi connectivity index (χ1n) is 7.24. The van der Waals surface area contributed by atoms with Gasteiger partial charge in [-0.25, -0.2) is 0 Å². The number of hydrogen-bond donors (Lipinski definition) is 0. The maximum atomic E-state index is 12.4. The fourth-order valence-corrected chi connectivity index (χ4v) is 2.49. The summed E-state index contributed by atoms with van der Waals surface area (Å²) in [7, 11) is 0. The molecule has 0 aliphatic heterocycles. The second-order valence-corrected chi connectivity index (χ2v) is 5.26. The van der Waals surface area contributed by atoms with Crippen LogP contribution < -0.4 is 0 Å². The van der Waals surface area contributed by atoms with Gasteiger partial charge < -0.3 is 0 Å². The molecule has 0 bridgehead atoms. The molecule has 22 heavy (non-hydrogen) atoms. The van der Waals surface area contributed by atoms with E-state index in [1.807, 2.05) is 38.1 Å². The maximum absolute atomic E-state index is 12.4. The van der Waals surface area contributed by atoms with Gasteiger partial charge in [-0.1, -0.05) is 36.9 Å². The Morgan fingerprint density at radius 3 is 2.41 bits per heavy atom. The molecule has 0 saturated carbocycles. The van der Waals surface area contributed by atoms with Crippen LogP contribution in [0.2, 0.25) is 0 Å². The molecule has 2 aromatic rings. The predicted octanol–water partition coefficient (Wildman–Crippen LogP) is 4.19. The van der Waals surface area contributed by atoms with Crippen LogP contribution in [0.5, 0.6) is 0 Å². The summed E-state index contributed by atoms with van der Waals surface area (Å²) in [6.07, 6.45) is 3.62. The van der Waals surface area contributed by atoms with Crippen LogP contribution in [0.3, 0.4) is 0 Å². The number of benzene rings is 1. The van der Waals surface area contributed by atoms with Gasteiger partial charge in [0.1, 0.15) is 5.69 Å². The highest BCUT2D eigenvalue weighted by molar-refractivity contribution is 6.04.